The largest absolute Gasteiger partial charge is 0.183 e. The van der Waals surface area contributed by atoms with Gasteiger partial charge >= 0.3 is 0 Å². The van der Waals surface area contributed by atoms with Crippen molar-refractivity contribution in [2.45, 2.75) is 0 Å². The SMILES string of the molecule is Clc1ccc(Br)c(-c2nnc(Br)s2)c1. The van der Waals surface area contributed by atoms with E-state index in [-0.39, 0.29) is 0 Å². The smallest absolute Gasteiger partial charge is 0.137 e. The molecule has 0 saturated carbocycles. The molecule has 14 heavy (non-hydrogen) atoms. The standard InChI is InChI=1S/C8H3Br2ClN2S/c9-6-2-1-4(11)3-5(6)7-12-13-8(10)14-7/h1-3H. The molecule has 0 saturated heterocycles. The molecule has 0 unspecified atom stereocenters. The Morgan fingerprint density at radius 1 is 1.21 bits per heavy atom. The summed E-state index contributed by atoms with van der Waals surface area (Å²) in [7, 11) is 0. The first kappa shape index (κ1) is 10.5. The minimum absolute atomic E-state index is 0.689. The second-order valence-electron chi connectivity index (χ2n) is 2.48. The third kappa shape index (κ3) is 2.16. The molecule has 0 aliphatic rings. The van der Waals surface area contributed by atoms with Crippen molar-refractivity contribution in [3.8, 4) is 10.6 Å². The highest BCUT2D eigenvalue weighted by Gasteiger charge is 2.08. The average molecular weight is 354 g/mol. The van der Waals surface area contributed by atoms with Crippen LogP contribution in [0, 0.1) is 0 Å². The summed E-state index contributed by atoms with van der Waals surface area (Å²) in [6.07, 6.45) is 0. The summed E-state index contributed by atoms with van der Waals surface area (Å²) in [5, 5.41) is 9.43. The van der Waals surface area contributed by atoms with Gasteiger partial charge in [-0.1, -0.05) is 38.9 Å². The maximum absolute atomic E-state index is 5.90. The van der Waals surface area contributed by atoms with Crippen molar-refractivity contribution in [3.05, 3.63) is 31.6 Å². The minimum Gasteiger partial charge on any atom is -0.137 e. The Balaban J connectivity index is 2.55. The van der Waals surface area contributed by atoms with Gasteiger partial charge in [-0.15, -0.1) is 10.2 Å². The number of benzene rings is 1. The average Bonchev–Trinajstić information content (AvgIpc) is 2.56. The molecule has 0 atom stereocenters. The highest BCUT2D eigenvalue weighted by atomic mass is 79.9. The summed E-state index contributed by atoms with van der Waals surface area (Å²) in [6.45, 7) is 0. The fraction of sp³-hybridized carbons (Fsp3) is 0. The van der Waals surface area contributed by atoms with Gasteiger partial charge in [0.25, 0.3) is 0 Å². The Bertz CT molecular complexity index is 472. The summed E-state index contributed by atoms with van der Waals surface area (Å²) in [5.41, 5.74) is 0.959. The third-order valence-electron chi connectivity index (χ3n) is 1.56. The van der Waals surface area contributed by atoms with Gasteiger partial charge in [0, 0.05) is 15.1 Å². The number of nitrogens with zero attached hydrogens (tertiary/aromatic N) is 2. The van der Waals surface area contributed by atoms with Crippen molar-refractivity contribution in [3.63, 3.8) is 0 Å². The number of hydrogen-bond acceptors (Lipinski definition) is 3. The van der Waals surface area contributed by atoms with Gasteiger partial charge in [-0.05, 0) is 34.1 Å². The fourth-order valence-corrected chi connectivity index (χ4v) is 2.85. The van der Waals surface area contributed by atoms with Crippen LogP contribution < -0.4 is 0 Å². The van der Waals surface area contributed by atoms with Gasteiger partial charge < -0.3 is 0 Å². The van der Waals surface area contributed by atoms with E-state index in [4.69, 9.17) is 11.6 Å². The first-order valence-electron chi connectivity index (χ1n) is 3.61. The topological polar surface area (TPSA) is 25.8 Å². The van der Waals surface area contributed by atoms with Crippen LogP contribution in [0.4, 0.5) is 0 Å². The molecule has 6 heteroatoms. The molecule has 0 fully saturated rings. The van der Waals surface area contributed by atoms with Crippen LogP contribution in [0.3, 0.4) is 0 Å². The Labute approximate surface area is 107 Å². The van der Waals surface area contributed by atoms with Crippen LogP contribution >= 0.6 is 54.8 Å². The van der Waals surface area contributed by atoms with Gasteiger partial charge in [-0.2, -0.15) is 0 Å². The van der Waals surface area contributed by atoms with Gasteiger partial charge in [-0.25, -0.2) is 0 Å². The predicted molar refractivity (Wildman–Crippen MR) is 65.8 cm³/mol. The van der Waals surface area contributed by atoms with Crippen LogP contribution in [-0.4, -0.2) is 10.2 Å². The van der Waals surface area contributed by atoms with Crippen molar-refractivity contribution >= 4 is 54.8 Å². The van der Waals surface area contributed by atoms with E-state index < -0.39 is 0 Å². The molecule has 1 aromatic carbocycles. The Morgan fingerprint density at radius 2 is 2.00 bits per heavy atom. The molecule has 0 radical (unpaired) electrons. The predicted octanol–water partition coefficient (Wildman–Crippen LogP) is 4.38. The molecule has 2 aromatic rings. The van der Waals surface area contributed by atoms with Crippen LogP contribution in [-0.2, 0) is 0 Å². The molecule has 1 heterocycles. The molecular formula is C8H3Br2ClN2S. The minimum atomic E-state index is 0.689. The van der Waals surface area contributed by atoms with Gasteiger partial charge in [0.1, 0.15) is 5.01 Å². The lowest BCUT2D eigenvalue weighted by Crippen LogP contribution is -1.79. The Morgan fingerprint density at radius 3 is 2.64 bits per heavy atom. The number of halogens is 3. The number of rotatable bonds is 1. The van der Waals surface area contributed by atoms with Crippen molar-refractivity contribution in [2.24, 2.45) is 0 Å². The molecule has 0 spiro atoms. The Hall–Kier alpha value is 0.0300. The van der Waals surface area contributed by atoms with Crippen LogP contribution in [0.1, 0.15) is 0 Å². The molecule has 72 valence electrons. The molecule has 0 bridgehead atoms. The lowest BCUT2D eigenvalue weighted by atomic mass is 10.2. The highest BCUT2D eigenvalue weighted by molar-refractivity contribution is 9.11. The highest BCUT2D eigenvalue weighted by Crippen LogP contribution is 2.33. The summed E-state index contributed by atoms with van der Waals surface area (Å²) in [5.74, 6) is 0. The van der Waals surface area contributed by atoms with Crippen LogP contribution in [0.25, 0.3) is 10.6 Å². The van der Waals surface area contributed by atoms with Gasteiger partial charge in [0.2, 0.25) is 0 Å². The quantitative estimate of drug-likeness (QED) is 0.759. The van der Waals surface area contributed by atoms with Crippen molar-refractivity contribution in [2.75, 3.05) is 0 Å². The second kappa shape index (κ2) is 4.26. The van der Waals surface area contributed by atoms with E-state index in [0.29, 0.717) is 5.02 Å². The normalized spacial score (nSPS) is 10.5. The van der Waals surface area contributed by atoms with E-state index in [1.165, 1.54) is 11.3 Å². The van der Waals surface area contributed by atoms with E-state index in [9.17, 15) is 0 Å². The molecule has 0 aliphatic carbocycles. The van der Waals surface area contributed by atoms with Crippen molar-refractivity contribution < 1.29 is 0 Å². The first-order chi connectivity index (χ1) is 6.66. The second-order valence-corrected chi connectivity index (χ2v) is 6.03. The molecule has 0 N–H and O–H groups in total. The number of aromatic nitrogens is 2. The molecule has 2 nitrogen and oxygen atoms in total. The number of hydrogen-bond donors (Lipinski definition) is 0. The van der Waals surface area contributed by atoms with E-state index >= 15 is 0 Å². The fourth-order valence-electron chi connectivity index (χ4n) is 0.976. The van der Waals surface area contributed by atoms with Gasteiger partial charge in [0.05, 0.1) is 0 Å². The maximum atomic E-state index is 5.90. The maximum Gasteiger partial charge on any atom is 0.183 e. The summed E-state index contributed by atoms with van der Waals surface area (Å²) in [6, 6.07) is 5.58. The molecular weight excluding hydrogens is 351 g/mol. The van der Waals surface area contributed by atoms with Gasteiger partial charge in [0.15, 0.2) is 3.92 Å². The summed E-state index contributed by atoms with van der Waals surface area (Å²) < 4.78 is 1.73. The van der Waals surface area contributed by atoms with E-state index in [1.54, 1.807) is 0 Å². The van der Waals surface area contributed by atoms with Crippen molar-refractivity contribution in [1.29, 1.82) is 0 Å². The monoisotopic (exact) mass is 352 g/mol. The zero-order valence-corrected chi connectivity index (χ0v) is 11.4. The zero-order valence-electron chi connectivity index (χ0n) is 6.67. The molecule has 1 aromatic heterocycles. The first-order valence-corrected chi connectivity index (χ1v) is 6.39. The van der Waals surface area contributed by atoms with Crippen LogP contribution in [0.5, 0.6) is 0 Å². The molecule has 2 rings (SSSR count). The van der Waals surface area contributed by atoms with E-state index in [0.717, 1.165) is 19.0 Å². The molecule has 0 aliphatic heterocycles. The van der Waals surface area contributed by atoms with Crippen LogP contribution in [0.15, 0.2) is 26.6 Å². The van der Waals surface area contributed by atoms with Gasteiger partial charge in [-0.3, -0.25) is 0 Å². The summed E-state index contributed by atoms with van der Waals surface area (Å²) in [4.78, 5) is 0. The summed E-state index contributed by atoms with van der Waals surface area (Å²) >= 11 is 14.1. The van der Waals surface area contributed by atoms with Crippen molar-refractivity contribution in [1.82, 2.24) is 10.2 Å². The Kier molecular flexibility index (Phi) is 3.21. The van der Waals surface area contributed by atoms with E-state index in [2.05, 4.69) is 42.1 Å². The zero-order chi connectivity index (χ0) is 10.1. The lowest BCUT2D eigenvalue weighted by molar-refractivity contribution is 1.07. The van der Waals surface area contributed by atoms with E-state index in [1.807, 2.05) is 18.2 Å². The lowest BCUT2D eigenvalue weighted by Gasteiger charge is -1.99. The molecule has 0 amide bonds. The third-order valence-corrected chi connectivity index (χ3v) is 3.87. The van der Waals surface area contributed by atoms with Crippen LogP contribution in [0.2, 0.25) is 5.02 Å².